The number of carbonyl (C=O) groups is 2. The molecule has 0 radical (unpaired) electrons. The smallest absolute Gasteiger partial charge is 0.235 e. The lowest BCUT2D eigenvalue weighted by Gasteiger charge is -2.26. The zero-order valence-corrected chi connectivity index (χ0v) is 11.3. The molecule has 6 heteroatoms. The average molecular weight is 278 g/mol. The van der Waals surface area contributed by atoms with Crippen LogP contribution in [0.2, 0.25) is 0 Å². The van der Waals surface area contributed by atoms with Crippen molar-refractivity contribution in [3.63, 3.8) is 0 Å². The lowest BCUT2D eigenvalue weighted by atomic mass is 9.94. The molecule has 108 valence electrons. The minimum absolute atomic E-state index is 0.305. The molecule has 2 atom stereocenters. The maximum absolute atomic E-state index is 12.0. The first-order valence-corrected chi connectivity index (χ1v) is 6.48. The highest BCUT2D eigenvalue weighted by atomic mass is 16.5. The van der Waals surface area contributed by atoms with Crippen molar-refractivity contribution < 1.29 is 19.4 Å². The molecule has 3 N–H and O–H groups in total. The Hall–Kier alpha value is -2.08. The average Bonchev–Trinajstić information content (AvgIpc) is 2.45. The minimum Gasteiger partial charge on any atom is -0.497 e. The minimum atomic E-state index is -1.03. The lowest BCUT2D eigenvalue weighted by Crippen LogP contribution is -2.51. The summed E-state index contributed by atoms with van der Waals surface area (Å²) in [5, 5.41) is 15.0. The van der Waals surface area contributed by atoms with Crippen LogP contribution in [0.3, 0.4) is 0 Å². The second kappa shape index (κ2) is 6.38. The molecule has 2 rings (SSSR count). The first kappa shape index (κ1) is 14.3. The van der Waals surface area contributed by atoms with E-state index in [1.165, 1.54) is 0 Å². The Bertz CT molecular complexity index is 486. The molecule has 1 heterocycles. The summed E-state index contributed by atoms with van der Waals surface area (Å²) in [5.74, 6) is -1.16. The van der Waals surface area contributed by atoms with Gasteiger partial charge in [0.05, 0.1) is 13.2 Å². The number of carbonyl (C=O) groups excluding carboxylic acids is 2. The number of methoxy groups -OCH3 is 1. The number of amides is 2. The van der Waals surface area contributed by atoms with E-state index in [9.17, 15) is 14.7 Å². The van der Waals surface area contributed by atoms with Gasteiger partial charge in [0.2, 0.25) is 11.8 Å². The van der Waals surface area contributed by atoms with Gasteiger partial charge in [-0.1, -0.05) is 12.1 Å². The quantitative estimate of drug-likeness (QED) is 0.666. The predicted molar refractivity (Wildman–Crippen MR) is 72.0 cm³/mol. The van der Waals surface area contributed by atoms with Gasteiger partial charge >= 0.3 is 0 Å². The van der Waals surface area contributed by atoms with Crippen molar-refractivity contribution in [2.75, 3.05) is 13.7 Å². The highest BCUT2D eigenvalue weighted by molar-refractivity contribution is 6.01. The van der Waals surface area contributed by atoms with Crippen LogP contribution in [0.4, 0.5) is 0 Å². The van der Waals surface area contributed by atoms with E-state index in [4.69, 9.17) is 4.74 Å². The van der Waals surface area contributed by atoms with E-state index in [1.807, 2.05) is 12.1 Å². The third-order valence-electron chi connectivity index (χ3n) is 3.31. The molecule has 0 aromatic heterocycles. The zero-order valence-electron chi connectivity index (χ0n) is 11.3. The van der Waals surface area contributed by atoms with Crippen LogP contribution >= 0.6 is 0 Å². The van der Waals surface area contributed by atoms with Gasteiger partial charge in [0.25, 0.3) is 0 Å². The summed E-state index contributed by atoms with van der Waals surface area (Å²) in [5.41, 5.74) is 0.893. The van der Waals surface area contributed by atoms with E-state index in [2.05, 4.69) is 10.6 Å². The van der Waals surface area contributed by atoms with Crippen molar-refractivity contribution in [3.05, 3.63) is 29.8 Å². The summed E-state index contributed by atoms with van der Waals surface area (Å²) in [6.07, 6.45) is -0.522. The highest BCUT2D eigenvalue weighted by Gasteiger charge is 2.36. The summed E-state index contributed by atoms with van der Waals surface area (Å²) >= 11 is 0. The van der Waals surface area contributed by atoms with Gasteiger partial charge in [-0.3, -0.25) is 9.59 Å². The maximum Gasteiger partial charge on any atom is 0.235 e. The molecule has 20 heavy (non-hydrogen) atoms. The monoisotopic (exact) mass is 278 g/mol. The molecule has 0 spiro atoms. The molecular formula is C14H18N2O4. The number of benzene rings is 1. The van der Waals surface area contributed by atoms with Crippen LogP contribution in [-0.2, 0) is 16.1 Å². The normalized spacial score (nSPS) is 22.0. The Morgan fingerprint density at radius 3 is 2.75 bits per heavy atom. The van der Waals surface area contributed by atoms with Gasteiger partial charge in [0, 0.05) is 13.1 Å². The Kier molecular flexibility index (Phi) is 4.57. The second-order valence-electron chi connectivity index (χ2n) is 4.69. The molecule has 1 aromatic rings. The molecule has 2 unspecified atom stereocenters. The number of hydrogen-bond donors (Lipinski definition) is 3. The number of ether oxygens (including phenoxy) is 1. The Morgan fingerprint density at radius 1 is 1.45 bits per heavy atom. The molecule has 0 saturated carbocycles. The predicted octanol–water partition coefficient (Wildman–Crippen LogP) is -0.192. The molecule has 6 nitrogen and oxygen atoms in total. The first-order valence-electron chi connectivity index (χ1n) is 6.48. The number of nitrogens with one attached hydrogen (secondary N) is 2. The SMILES string of the molecule is COc1ccc(CNC(=O)C2C(=O)NCCC2O)cc1. The maximum atomic E-state index is 12.0. The number of rotatable bonds is 4. The summed E-state index contributed by atoms with van der Waals surface area (Å²) in [6, 6.07) is 7.25. The fraction of sp³-hybridized carbons (Fsp3) is 0.429. The lowest BCUT2D eigenvalue weighted by molar-refractivity contribution is -0.142. The molecular weight excluding hydrogens is 260 g/mol. The van der Waals surface area contributed by atoms with Gasteiger partial charge < -0.3 is 20.5 Å². The van der Waals surface area contributed by atoms with Crippen LogP contribution < -0.4 is 15.4 Å². The van der Waals surface area contributed by atoms with Crippen LogP contribution in [0.1, 0.15) is 12.0 Å². The zero-order chi connectivity index (χ0) is 14.5. The second-order valence-corrected chi connectivity index (χ2v) is 4.69. The van der Waals surface area contributed by atoms with Crippen molar-refractivity contribution in [2.45, 2.75) is 19.1 Å². The van der Waals surface area contributed by atoms with Gasteiger partial charge in [-0.15, -0.1) is 0 Å². The van der Waals surface area contributed by atoms with E-state index in [0.29, 0.717) is 19.5 Å². The van der Waals surface area contributed by atoms with Crippen LogP contribution in [0.25, 0.3) is 0 Å². The number of piperidine rings is 1. The molecule has 0 aliphatic carbocycles. The summed E-state index contributed by atoms with van der Waals surface area (Å²) in [6.45, 7) is 0.710. The fourth-order valence-corrected chi connectivity index (χ4v) is 2.13. The van der Waals surface area contributed by atoms with Crippen molar-refractivity contribution in [1.82, 2.24) is 10.6 Å². The molecule has 1 fully saturated rings. The fourth-order valence-electron chi connectivity index (χ4n) is 2.13. The van der Waals surface area contributed by atoms with Crippen LogP contribution in [-0.4, -0.2) is 36.7 Å². The molecule has 1 aromatic carbocycles. The Morgan fingerprint density at radius 2 is 2.15 bits per heavy atom. The summed E-state index contributed by atoms with van der Waals surface area (Å²) < 4.78 is 5.04. The van der Waals surface area contributed by atoms with E-state index >= 15 is 0 Å². The van der Waals surface area contributed by atoms with Crippen molar-refractivity contribution in [2.24, 2.45) is 5.92 Å². The van der Waals surface area contributed by atoms with Crippen LogP contribution in [0.15, 0.2) is 24.3 Å². The summed E-state index contributed by atoms with van der Waals surface area (Å²) in [4.78, 5) is 23.6. The molecule has 2 amide bonds. The Balaban J connectivity index is 1.92. The van der Waals surface area contributed by atoms with Crippen molar-refractivity contribution in [3.8, 4) is 5.75 Å². The Labute approximate surface area is 117 Å². The highest BCUT2D eigenvalue weighted by Crippen LogP contribution is 2.14. The standard InChI is InChI=1S/C14H18N2O4/c1-20-10-4-2-9(3-5-10)8-16-14(19)12-11(17)6-7-15-13(12)18/h2-5,11-12,17H,6-8H2,1H3,(H,15,18)(H,16,19). The third-order valence-corrected chi connectivity index (χ3v) is 3.31. The molecule has 1 aliphatic rings. The number of aliphatic hydroxyl groups excluding tert-OH is 1. The van der Waals surface area contributed by atoms with E-state index < -0.39 is 23.8 Å². The molecule has 1 aliphatic heterocycles. The molecule has 1 saturated heterocycles. The third kappa shape index (κ3) is 3.27. The van der Waals surface area contributed by atoms with Crippen molar-refractivity contribution >= 4 is 11.8 Å². The van der Waals surface area contributed by atoms with Gasteiger partial charge in [-0.05, 0) is 24.1 Å². The van der Waals surface area contributed by atoms with E-state index in [-0.39, 0.29) is 0 Å². The van der Waals surface area contributed by atoms with Gasteiger partial charge in [0.15, 0.2) is 0 Å². The summed E-state index contributed by atoms with van der Waals surface area (Å²) in [7, 11) is 1.58. The topological polar surface area (TPSA) is 87.7 Å². The number of aliphatic hydroxyl groups is 1. The largest absolute Gasteiger partial charge is 0.497 e. The first-order chi connectivity index (χ1) is 9.61. The van der Waals surface area contributed by atoms with Gasteiger partial charge in [-0.25, -0.2) is 0 Å². The van der Waals surface area contributed by atoms with E-state index in [1.54, 1.807) is 19.2 Å². The number of hydrogen-bond acceptors (Lipinski definition) is 4. The van der Waals surface area contributed by atoms with Crippen LogP contribution in [0.5, 0.6) is 5.75 Å². The van der Waals surface area contributed by atoms with E-state index in [0.717, 1.165) is 11.3 Å². The molecule has 0 bridgehead atoms. The van der Waals surface area contributed by atoms with Gasteiger partial charge in [0.1, 0.15) is 11.7 Å². The van der Waals surface area contributed by atoms with Gasteiger partial charge in [-0.2, -0.15) is 0 Å². The van der Waals surface area contributed by atoms with Crippen molar-refractivity contribution in [1.29, 1.82) is 0 Å². The van der Waals surface area contributed by atoms with Crippen LogP contribution in [0, 0.1) is 5.92 Å².